The smallest absolute Gasteiger partial charge is 0.251 e. The van der Waals surface area contributed by atoms with Crippen LogP contribution >= 0.6 is 0 Å². The summed E-state index contributed by atoms with van der Waals surface area (Å²) >= 11 is 0. The number of hydrogen-bond acceptors (Lipinski definition) is 5. The van der Waals surface area contributed by atoms with E-state index in [1.807, 2.05) is 12.1 Å². The van der Waals surface area contributed by atoms with E-state index in [-0.39, 0.29) is 10.8 Å². The normalized spacial score (nSPS) is 18.0. The summed E-state index contributed by atoms with van der Waals surface area (Å²) in [5.41, 5.74) is 1.29. The van der Waals surface area contributed by atoms with E-state index in [1.165, 1.54) is 29.3 Å². The lowest BCUT2D eigenvalue weighted by atomic mass is 10.0. The second-order valence-corrected chi connectivity index (χ2v) is 10.5. The number of amides is 1. The number of ether oxygens (including phenoxy) is 1. The average Bonchev–Trinajstić information content (AvgIpc) is 3.62. The number of carbonyl (C=O) groups is 1. The predicted octanol–water partition coefficient (Wildman–Crippen LogP) is 3.22. The molecule has 2 fully saturated rings. The molecule has 1 saturated heterocycles. The molecule has 0 atom stereocenters. The summed E-state index contributed by atoms with van der Waals surface area (Å²) in [5, 5.41) is 2.84. The molecule has 166 valence electrons. The van der Waals surface area contributed by atoms with Gasteiger partial charge in [0, 0.05) is 37.5 Å². The number of rotatable bonds is 8. The molecule has 1 aromatic heterocycles. The van der Waals surface area contributed by atoms with E-state index in [4.69, 9.17) is 4.74 Å². The molecule has 0 spiro atoms. The lowest BCUT2D eigenvalue weighted by Crippen LogP contribution is -2.37. The van der Waals surface area contributed by atoms with Gasteiger partial charge in [-0.05, 0) is 67.3 Å². The van der Waals surface area contributed by atoms with Crippen LogP contribution in [-0.2, 0) is 16.6 Å². The molecule has 7 nitrogen and oxygen atoms in total. The van der Waals surface area contributed by atoms with Gasteiger partial charge < -0.3 is 10.1 Å². The van der Waals surface area contributed by atoms with Gasteiger partial charge in [0.15, 0.2) is 0 Å². The molecule has 0 bridgehead atoms. The van der Waals surface area contributed by atoms with Crippen molar-refractivity contribution in [3.63, 3.8) is 0 Å². The number of carbonyl (C=O) groups excluding carboxylic acids is 1. The first-order valence-corrected chi connectivity index (χ1v) is 12.3. The van der Waals surface area contributed by atoms with E-state index in [0.29, 0.717) is 49.5 Å². The van der Waals surface area contributed by atoms with Crippen molar-refractivity contribution in [2.75, 3.05) is 19.7 Å². The van der Waals surface area contributed by atoms with Gasteiger partial charge in [-0.2, -0.15) is 4.31 Å². The Morgan fingerprint density at radius 2 is 1.81 bits per heavy atom. The monoisotopic (exact) mass is 443 g/mol. The summed E-state index contributed by atoms with van der Waals surface area (Å²) in [6, 6.07) is 9.82. The second-order valence-electron chi connectivity index (χ2n) is 8.55. The lowest BCUT2D eigenvalue weighted by molar-refractivity contribution is 0.0950. The minimum absolute atomic E-state index is 0.226. The highest BCUT2D eigenvalue weighted by atomic mass is 32.2. The highest BCUT2D eigenvalue weighted by molar-refractivity contribution is 7.89. The first-order valence-electron chi connectivity index (χ1n) is 10.9. The van der Waals surface area contributed by atoms with E-state index in [1.54, 1.807) is 18.3 Å². The van der Waals surface area contributed by atoms with Gasteiger partial charge in [-0.25, -0.2) is 13.4 Å². The van der Waals surface area contributed by atoms with Crippen LogP contribution in [0.3, 0.4) is 0 Å². The van der Waals surface area contributed by atoms with Crippen LogP contribution in [0, 0.1) is 11.8 Å². The molecule has 31 heavy (non-hydrogen) atoms. The van der Waals surface area contributed by atoms with E-state index in [9.17, 15) is 13.2 Å². The van der Waals surface area contributed by atoms with Crippen LogP contribution in [-0.4, -0.2) is 43.3 Å². The van der Waals surface area contributed by atoms with Crippen LogP contribution < -0.4 is 10.1 Å². The Hall–Kier alpha value is -2.45. The van der Waals surface area contributed by atoms with Crippen LogP contribution in [0.5, 0.6) is 5.88 Å². The fourth-order valence-electron chi connectivity index (χ4n) is 3.53. The van der Waals surface area contributed by atoms with Gasteiger partial charge in [0.25, 0.3) is 5.91 Å². The van der Waals surface area contributed by atoms with Gasteiger partial charge in [0.05, 0.1) is 11.5 Å². The van der Waals surface area contributed by atoms with Crippen LogP contribution in [0.2, 0.25) is 0 Å². The van der Waals surface area contributed by atoms with E-state index in [2.05, 4.69) is 17.2 Å². The van der Waals surface area contributed by atoms with Crippen molar-refractivity contribution in [1.82, 2.24) is 14.6 Å². The lowest BCUT2D eigenvalue weighted by Gasteiger charge is -2.29. The molecule has 2 aliphatic rings. The SMILES string of the molecule is CC1CCN(S(=O)(=O)c2ccc(C(=O)NCc3ccc(OCC4CC4)nc3)cc2)CC1. The van der Waals surface area contributed by atoms with E-state index >= 15 is 0 Å². The molecule has 2 heterocycles. The molecule has 0 unspecified atom stereocenters. The van der Waals surface area contributed by atoms with Gasteiger partial charge in [-0.1, -0.05) is 13.0 Å². The Bertz CT molecular complexity index is 994. The summed E-state index contributed by atoms with van der Waals surface area (Å²) in [6.07, 6.45) is 5.91. The number of nitrogens with zero attached hydrogens (tertiary/aromatic N) is 2. The molecule has 4 rings (SSSR count). The molecular weight excluding hydrogens is 414 g/mol. The average molecular weight is 444 g/mol. The molecule has 1 aromatic carbocycles. The summed E-state index contributed by atoms with van der Waals surface area (Å²) < 4.78 is 32.8. The number of aromatic nitrogens is 1. The third-order valence-corrected chi connectivity index (χ3v) is 7.82. The number of hydrogen-bond donors (Lipinski definition) is 1. The van der Waals surface area contributed by atoms with E-state index < -0.39 is 10.0 Å². The summed E-state index contributed by atoms with van der Waals surface area (Å²) in [4.78, 5) is 17.0. The fourth-order valence-corrected chi connectivity index (χ4v) is 5.00. The van der Waals surface area contributed by atoms with Crippen molar-refractivity contribution in [2.45, 2.75) is 44.0 Å². The third-order valence-electron chi connectivity index (χ3n) is 5.91. The molecule has 1 aliphatic carbocycles. The Labute approximate surface area is 183 Å². The zero-order valence-electron chi connectivity index (χ0n) is 17.8. The molecule has 1 saturated carbocycles. The van der Waals surface area contributed by atoms with Crippen LogP contribution in [0.25, 0.3) is 0 Å². The maximum Gasteiger partial charge on any atom is 0.251 e. The van der Waals surface area contributed by atoms with Gasteiger partial charge in [-0.15, -0.1) is 0 Å². The van der Waals surface area contributed by atoms with Gasteiger partial charge in [0.2, 0.25) is 15.9 Å². The molecule has 1 N–H and O–H groups in total. The number of nitrogens with one attached hydrogen (secondary N) is 1. The van der Waals surface area contributed by atoms with Crippen molar-refractivity contribution in [3.8, 4) is 5.88 Å². The zero-order valence-corrected chi connectivity index (χ0v) is 18.6. The van der Waals surface area contributed by atoms with Crippen molar-refractivity contribution < 1.29 is 17.9 Å². The second kappa shape index (κ2) is 9.36. The Morgan fingerprint density at radius 3 is 2.42 bits per heavy atom. The fraction of sp³-hybridized carbons (Fsp3) is 0.478. The molecule has 1 aliphatic heterocycles. The minimum Gasteiger partial charge on any atom is -0.477 e. The molecule has 2 aromatic rings. The largest absolute Gasteiger partial charge is 0.477 e. The van der Waals surface area contributed by atoms with Crippen LogP contribution in [0.1, 0.15) is 48.5 Å². The van der Waals surface area contributed by atoms with Gasteiger partial charge in [-0.3, -0.25) is 4.79 Å². The highest BCUT2D eigenvalue weighted by Crippen LogP contribution is 2.29. The number of sulfonamides is 1. The van der Waals surface area contributed by atoms with Crippen LogP contribution in [0.15, 0.2) is 47.5 Å². The highest BCUT2D eigenvalue weighted by Gasteiger charge is 2.28. The third kappa shape index (κ3) is 5.62. The predicted molar refractivity (Wildman–Crippen MR) is 117 cm³/mol. The van der Waals surface area contributed by atoms with Crippen molar-refractivity contribution >= 4 is 15.9 Å². The minimum atomic E-state index is -3.51. The molecular formula is C23H29N3O4S. The molecule has 0 radical (unpaired) electrons. The van der Waals surface area contributed by atoms with Crippen molar-refractivity contribution in [1.29, 1.82) is 0 Å². The maximum atomic E-state index is 12.8. The Morgan fingerprint density at radius 1 is 1.10 bits per heavy atom. The number of benzene rings is 1. The first kappa shape index (κ1) is 21.8. The summed E-state index contributed by atoms with van der Waals surface area (Å²) in [5.74, 6) is 1.57. The van der Waals surface area contributed by atoms with Gasteiger partial charge >= 0.3 is 0 Å². The number of piperidine rings is 1. The van der Waals surface area contributed by atoms with E-state index in [0.717, 1.165) is 18.4 Å². The Kier molecular flexibility index (Phi) is 6.57. The topological polar surface area (TPSA) is 88.6 Å². The van der Waals surface area contributed by atoms with Crippen molar-refractivity contribution in [2.24, 2.45) is 11.8 Å². The molecule has 8 heteroatoms. The van der Waals surface area contributed by atoms with Gasteiger partial charge in [0.1, 0.15) is 0 Å². The summed E-state index contributed by atoms with van der Waals surface area (Å²) in [7, 11) is -3.51. The Balaban J connectivity index is 1.30. The maximum absolute atomic E-state index is 12.8. The van der Waals surface area contributed by atoms with Crippen molar-refractivity contribution in [3.05, 3.63) is 53.7 Å². The number of pyridine rings is 1. The zero-order chi connectivity index (χ0) is 21.8. The standard InChI is InChI=1S/C23H29N3O4S/c1-17-10-12-26(13-11-17)31(28,29)21-7-5-20(6-8-21)23(27)25-15-19-4-9-22(24-14-19)30-16-18-2-3-18/h4-9,14,17-18H,2-3,10-13,15-16H2,1H3,(H,25,27). The first-order chi connectivity index (χ1) is 14.9. The summed E-state index contributed by atoms with van der Waals surface area (Å²) in [6.45, 7) is 4.28. The molecule has 1 amide bonds. The quantitative estimate of drug-likeness (QED) is 0.677. The van der Waals surface area contributed by atoms with Crippen LogP contribution in [0.4, 0.5) is 0 Å².